The van der Waals surface area contributed by atoms with Crippen molar-refractivity contribution in [2.45, 2.75) is 12.8 Å². The lowest BCUT2D eigenvalue weighted by Gasteiger charge is -2.03. The Morgan fingerprint density at radius 1 is 1.33 bits per heavy atom. The highest BCUT2D eigenvalue weighted by molar-refractivity contribution is 5.90. The number of hydrogen-bond acceptors (Lipinski definition) is 3. The first kappa shape index (κ1) is 9.90. The van der Waals surface area contributed by atoms with E-state index in [1.54, 1.807) is 24.3 Å². The predicted molar refractivity (Wildman–Crippen MR) is 54.8 cm³/mol. The molecule has 0 N–H and O–H groups in total. The number of hydrogen-bond donors (Lipinski definition) is 0. The monoisotopic (exact) mass is 204 g/mol. The van der Waals surface area contributed by atoms with E-state index in [-0.39, 0.29) is 5.97 Å². The standard InChI is InChI=1S/C12H12O3/c13-7-9-3-5-11(6-4-9)12(14)15-8-10-1-2-10/h3-7,10H,1-2,8H2. The van der Waals surface area contributed by atoms with Crippen LogP contribution < -0.4 is 0 Å². The number of aldehydes is 1. The molecule has 0 heterocycles. The first-order valence-corrected chi connectivity index (χ1v) is 5.02. The number of carbonyl (C=O) groups is 2. The summed E-state index contributed by atoms with van der Waals surface area (Å²) in [5, 5.41) is 0. The van der Waals surface area contributed by atoms with Crippen molar-refractivity contribution >= 4 is 12.3 Å². The molecule has 3 nitrogen and oxygen atoms in total. The summed E-state index contributed by atoms with van der Waals surface area (Å²) in [7, 11) is 0. The van der Waals surface area contributed by atoms with E-state index in [2.05, 4.69) is 0 Å². The van der Waals surface area contributed by atoms with Crippen molar-refractivity contribution < 1.29 is 14.3 Å². The van der Waals surface area contributed by atoms with Gasteiger partial charge < -0.3 is 4.74 Å². The second-order valence-electron chi connectivity index (χ2n) is 3.78. The van der Waals surface area contributed by atoms with Crippen LogP contribution in [0.25, 0.3) is 0 Å². The van der Waals surface area contributed by atoms with Gasteiger partial charge in [-0.25, -0.2) is 4.79 Å². The van der Waals surface area contributed by atoms with Gasteiger partial charge in [-0.05, 0) is 30.9 Å². The summed E-state index contributed by atoms with van der Waals surface area (Å²) in [6, 6.07) is 6.44. The number of carbonyl (C=O) groups excluding carboxylic acids is 2. The van der Waals surface area contributed by atoms with Crippen LogP contribution in [0.3, 0.4) is 0 Å². The minimum atomic E-state index is -0.306. The van der Waals surface area contributed by atoms with Crippen LogP contribution in [0.4, 0.5) is 0 Å². The van der Waals surface area contributed by atoms with Gasteiger partial charge in [0, 0.05) is 5.56 Å². The van der Waals surface area contributed by atoms with Crippen molar-refractivity contribution in [1.29, 1.82) is 0 Å². The van der Waals surface area contributed by atoms with Gasteiger partial charge in [0.15, 0.2) is 0 Å². The Labute approximate surface area is 88.1 Å². The Kier molecular flexibility index (Phi) is 2.81. The molecule has 0 atom stereocenters. The molecule has 1 aromatic carbocycles. The second-order valence-corrected chi connectivity index (χ2v) is 3.78. The van der Waals surface area contributed by atoms with Crippen LogP contribution in [0.1, 0.15) is 33.6 Å². The fourth-order valence-corrected chi connectivity index (χ4v) is 1.26. The van der Waals surface area contributed by atoms with Gasteiger partial charge in [0.05, 0.1) is 12.2 Å². The van der Waals surface area contributed by atoms with Crippen LogP contribution in [0.2, 0.25) is 0 Å². The average Bonchev–Trinajstić information content (AvgIpc) is 3.10. The third-order valence-corrected chi connectivity index (χ3v) is 2.43. The molecule has 0 saturated heterocycles. The first-order valence-electron chi connectivity index (χ1n) is 5.02. The molecule has 1 aromatic rings. The number of rotatable bonds is 4. The van der Waals surface area contributed by atoms with Crippen LogP contribution in [0.5, 0.6) is 0 Å². The molecule has 0 bridgehead atoms. The third-order valence-electron chi connectivity index (χ3n) is 2.43. The van der Waals surface area contributed by atoms with Crippen molar-refractivity contribution in [3.63, 3.8) is 0 Å². The Balaban J connectivity index is 1.94. The van der Waals surface area contributed by atoms with Crippen LogP contribution >= 0.6 is 0 Å². The zero-order valence-corrected chi connectivity index (χ0v) is 8.31. The molecule has 78 valence electrons. The number of benzene rings is 1. The highest BCUT2D eigenvalue weighted by Gasteiger charge is 2.23. The van der Waals surface area contributed by atoms with E-state index in [0.29, 0.717) is 23.7 Å². The van der Waals surface area contributed by atoms with E-state index in [4.69, 9.17) is 4.74 Å². The molecule has 15 heavy (non-hydrogen) atoms. The topological polar surface area (TPSA) is 43.4 Å². The molecular weight excluding hydrogens is 192 g/mol. The summed E-state index contributed by atoms with van der Waals surface area (Å²) in [6.45, 7) is 0.522. The van der Waals surface area contributed by atoms with Crippen LogP contribution in [0, 0.1) is 5.92 Å². The van der Waals surface area contributed by atoms with Gasteiger partial charge >= 0.3 is 5.97 Å². The SMILES string of the molecule is O=Cc1ccc(C(=O)OCC2CC2)cc1. The maximum Gasteiger partial charge on any atom is 0.338 e. The van der Waals surface area contributed by atoms with Crippen molar-refractivity contribution in [2.24, 2.45) is 5.92 Å². The van der Waals surface area contributed by atoms with E-state index in [9.17, 15) is 9.59 Å². The van der Waals surface area contributed by atoms with Gasteiger partial charge in [0.25, 0.3) is 0 Å². The molecule has 0 radical (unpaired) electrons. The summed E-state index contributed by atoms with van der Waals surface area (Å²) in [6.07, 6.45) is 3.08. The lowest BCUT2D eigenvalue weighted by molar-refractivity contribution is 0.0486. The largest absolute Gasteiger partial charge is 0.462 e. The molecule has 0 unspecified atom stereocenters. The molecule has 0 spiro atoms. The molecule has 0 amide bonds. The zero-order chi connectivity index (χ0) is 10.7. The van der Waals surface area contributed by atoms with Crippen molar-refractivity contribution in [3.8, 4) is 0 Å². The zero-order valence-electron chi connectivity index (χ0n) is 8.31. The summed E-state index contributed by atoms with van der Waals surface area (Å²) in [5.41, 5.74) is 1.06. The highest BCUT2D eigenvalue weighted by Crippen LogP contribution is 2.29. The van der Waals surface area contributed by atoms with E-state index < -0.39 is 0 Å². The van der Waals surface area contributed by atoms with Crippen LogP contribution in [0.15, 0.2) is 24.3 Å². The maximum atomic E-state index is 11.5. The van der Waals surface area contributed by atoms with Gasteiger partial charge in [-0.1, -0.05) is 12.1 Å². The normalized spacial score (nSPS) is 14.7. The molecule has 2 rings (SSSR count). The Hall–Kier alpha value is -1.64. The lowest BCUT2D eigenvalue weighted by atomic mass is 10.1. The maximum absolute atomic E-state index is 11.5. The third kappa shape index (κ3) is 2.65. The highest BCUT2D eigenvalue weighted by atomic mass is 16.5. The van der Waals surface area contributed by atoms with Crippen LogP contribution in [-0.2, 0) is 4.74 Å². The van der Waals surface area contributed by atoms with E-state index in [1.165, 1.54) is 0 Å². The first-order chi connectivity index (χ1) is 7.29. The molecule has 1 aliphatic rings. The minimum absolute atomic E-state index is 0.306. The minimum Gasteiger partial charge on any atom is -0.462 e. The molecule has 1 aliphatic carbocycles. The van der Waals surface area contributed by atoms with Crippen LogP contribution in [-0.4, -0.2) is 18.9 Å². The van der Waals surface area contributed by atoms with Gasteiger partial charge in [-0.3, -0.25) is 4.79 Å². The molecule has 3 heteroatoms. The predicted octanol–water partition coefficient (Wildman–Crippen LogP) is 2.07. The van der Waals surface area contributed by atoms with E-state index in [0.717, 1.165) is 19.1 Å². The van der Waals surface area contributed by atoms with Gasteiger partial charge in [0.2, 0.25) is 0 Å². The summed E-state index contributed by atoms with van der Waals surface area (Å²) >= 11 is 0. The van der Waals surface area contributed by atoms with Gasteiger partial charge in [-0.2, -0.15) is 0 Å². The summed E-state index contributed by atoms with van der Waals surface area (Å²) < 4.78 is 5.10. The number of ether oxygens (including phenoxy) is 1. The fourth-order valence-electron chi connectivity index (χ4n) is 1.26. The van der Waals surface area contributed by atoms with E-state index in [1.807, 2.05) is 0 Å². The van der Waals surface area contributed by atoms with Gasteiger partial charge in [-0.15, -0.1) is 0 Å². The quantitative estimate of drug-likeness (QED) is 0.557. The molecule has 1 fully saturated rings. The summed E-state index contributed by atoms with van der Waals surface area (Å²) in [5.74, 6) is 0.266. The smallest absolute Gasteiger partial charge is 0.338 e. The van der Waals surface area contributed by atoms with E-state index >= 15 is 0 Å². The molecule has 1 saturated carbocycles. The fraction of sp³-hybridized carbons (Fsp3) is 0.333. The lowest BCUT2D eigenvalue weighted by Crippen LogP contribution is -2.07. The van der Waals surface area contributed by atoms with Crippen molar-refractivity contribution in [2.75, 3.05) is 6.61 Å². The number of esters is 1. The van der Waals surface area contributed by atoms with Crippen molar-refractivity contribution in [3.05, 3.63) is 35.4 Å². The Morgan fingerprint density at radius 3 is 2.53 bits per heavy atom. The molecule has 0 aliphatic heterocycles. The Bertz CT molecular complexity index is 363. The molecular formula is C12H12O3. The average molecular weight is 204 g/mol. The van der Waals surface area contributed by atoms with Gasteiger partial charge in [0.1, 0.15) is 6.29 Å². The Morgan fingerprint density at radius 2 is 2.00 bits per heavy atom. The summed E-state index contributed by atoms with van der Waals surface area (Å²) in [4.78, 5) is 21.9. The molecule has 0 aromatic heterocycles. The van der Waals surface area contributed by atoms with Crippen molar-refractivity contribution in [1.82, 2.24) is 0 Å². The second kappa shape index (κ2) is 4.26.